The molecule has 3 aliphatic rings. The molecule has 2 saturated heterocycles. The maximum Gasteiger partial charge on any atom is 0.410 e. The van der Waals surface area contributed by atoms with Gasteiger partial charge in [-0.2, -0.15) is 0 Å². The maximum absolute atomic E-state index is 12.3. The second-order valence-corrected chi connectivity index (χ2v) is 13.6. The third kappa shape index (κ3) is 2.64. The van der Waals surface area contributed by atoms with E-state index in [-0.39, 0.29) is 23.1 Å². The average molecular weight is 340 g/mol. The van der Waals surface area contributed by atoms with Crippen molar-refractivity contribution >= 4 is 20.2 Å². The first-order chi connectivity index (χ1) is 10.6. The average Bonchev–Trinajstić information content (AvgIpc) is 2.75. The Labute approximate surface area is 139 Å². The van der Waals surface area contributed by atoms with Crippen LogP contribution in [-0.4, -0.2) is 49.9 Å². The van der Waals surface area contributed by atoms with Crippen LogP contribution in [0.4, 0.5) is 4.79 Å². The minimum atomic E-state index is -1.92. The Morgan fingerprint density at radius 3 is 2.70 bits per heavy atom. The van der Waals surface area contributed by atoms with Crippen LogP contribution in [0.1, 0.15) is 46.5 Å². The summed E-state index contributed by atoms with van der Waals surface area (Å²) < 4.78 is 12.3. The molecule has 23 heavy (non-hydrogen) atoms. The summed E-state index contributed by atoms with van der Waals surface area (Å²) >= 11 is 0. The van der Waals surface area contributed by atoms with Crippen molar-refractivity contribution in [2.45, 2.75) is 76.2 Å². The Morgan fingerprint density at radius 1 is 1.35 bits per heavy atom. The molecule has 2 aliphatic heterocycles. The SMILES string of the molecule is CC(C)(C)[Si](C)(C)OC[C@@]12CCC(=O)[C@H]3CCCN(C(=O)O1)[C@H]32. The predicted octanol–water partition coefficient (Wildman–Crippen LogP) is 3.34. The van der Waals surface area contributed by atoms with Crippen LogP contribution in [0.15, 0.2) is 0 Å². The van der Waals surface area contributed by atoms with Gasteiger partial charge < -0.3 is 14.1 Å². The third-order valence-corrected chi connectivity index (χ3v) is 10.9. The van der Waals surface area contributed by atoms with Gasteiger partial charge in [-0.3, -0.25) is 4.79 Å². The van der Waals surface area contributed by atoms with Crippen molar-refractivity contribution in [1.29, 1.82) is 0 Å². The van der Waals surface area contributed by atoms with E-state index in [0.29, 0.717) is 31.8 Å². The van der Waals surface area contributed by atoms with Crippen LogP contribution in [0.2, 0.25) is 18.1 Å². The topological polar surface area (TPSA) is 55.8 Å². The van der Waals surface area contributed by atoms with Crippen molar-refractivity contribution in [3.8, 4) is 0 Å². The second-order valence-electron chi connectivity index (χ2n) is 8.83. The number of amides is 1. The Hall–Kier alpha value is -0.883. The number of ether oxygens (including phenoxy) is 1. The van der Waals surface area contributed by atoms with E-state index in [1.807, 2.05) is 0 Å². The highest BCUT2D eigenvalue weighted by molar-refractivity contribution is 6.74. The Kier molecular flexibility index (Phi) is 3.91. The molecule has 5 nitrogen and oxygen atoms in total. The summed E-state index contributed by atoms with van der Waals surface area (Å²) in [6.45, 7) is 12.2. The lowest BCUT2D eigenvalue weighted by atomic mass is 9.70. The predicted molar refractivity (Wildman–Crippen MR) is 89.8 cm³/mol. The molecule has 3 rings (SSSR count). The summed E-state index contributed by atoms with van der Waals surface area (Å²) in [5.74, 6) is 0.230. The van der Waals surface area contributed by atoms with Gasteiger partial charge in [0.1, 0.15) is 5.78 Å². The van der Waals surface area contributed by atoms with Crippen LogP contribution in [0, 0.1) is 5.92 Å². The summed E-state index contributed by atoms with van der Waals surface area (Å²) in [6.07, 6.45) is 2.61. The minimum Gasteiger partial charge on any atom is -0.438 e. The van der Waals surface area contributed by atoms with Gasteiger partial charge in [0, 0.05) is 18.9 Å². The molecule has 6 heteroatoms. The van der Waals surface area contributed by atoms with Gasteiger partial charge in [-0.25, -0.2) is 4.79 Å². The Bertz CT molecular complexity index is 527. The normalized spacial score (nSPS) is 34.4. The highest BCUT2D eigenvalue weighted by Crippen LogP contribution is 2.47. The van der Waals surface area contributed by atoms with Gasteiger partial charge in [-0.15, -0.1) is 0 Å². The van der Waals surface area contributed by atoms with E-state index in [0.717, 1.165) is 12.8 Å². The minimum absolute atomic E-state index is 0.0630. The van der Waals surface area contributed by atoms with Crippen LogP contribution in [0.5, 0.6) is 0 Å². The zero-order chi connectivity index (χ0) is 17.0. The van der Waals surface area contributed by atoms with Gasteiger partial charge in [-0.05, 0) is 37.4 Å². The molecule has 0 aromatic carbocycles. The fourth-order valence-electron chi connectivity index (χ4n) is 3.91. The fraction of sp³-hybridized carbons (Fsp3) is 0.882. The van der Waals surface area contributed by atoms with E-state index in [1.165, 1.54) is 0 Å². The first-order valence-corrected chi connectivity index (χ1v) is 11.6. The number of carbonyl (C=O) groups excluding carboxylic acids is 2. The van der Waals surface area contributed by atoms with Crippen molar-refractivity contribution < 1.29 is 18.8 Å². The van der Waals surface area contributed by atoms with Gasteiger partial charge in [0.05, 0.1) is 12.6 Å². The van der Waals surface area contributed by atoms with Gasteiger partial charge >= 0.3 is 6.09 Å². The standard InChI is InChI=1S/C17H29NO4Si/c1-16(2,3)23(4,5)21-11-17-9-8-13(19)12-7-6-10-18(14(12)17)15(20)22-17/h12,14H,6-11H2,1-5H3/t12-,14-,17-/m1/s1. The van der Waals surface area contributed by atoms with Crippen LogP contribution < -0.4 is 0 Å². The van der Waals surface area contributed by atoms with Gasteiger partial charge in [0.2, 0.25) is 0 Å². The zero-order valence-corrected chi connectivity index (χ0v) is 16.0. The molecular weight excluding hydrogens is 310 g/mol. The van der Waals surface area contributed by atoms with Crippen molar-refractivity contribution in [1.82, 2.24) is 4.90 Å². The molecule has 0 aromatic rings. The fourth-order valence-corrected chi connectivity index (χ4v) is 4.94. The van der Waals surface area contributed by atoms with Gasteiger partial charge in [0.25, 0.3) is 0 Å². The maximum atomic E-state index is 12.3. The third-order valence-electron chi connectivity index (χ3n) is 6.39. The lowest BCUT2D eigenvalue weighted by molar-refractivity contribution is -0.137. The number of ketones is 1. The van der Waals surface area contributed by atoms with E-state index in [2.05, 4.69) is 33.9 Å². The van der Waals surface area contributed by atoms with Crippen molar-refractivity contribution in [3.63, 3.8) is 0 Å². The Morgan fingerprint density at radius 2 is 2.04 bits per heavy atom. The van der Waals surface area contributed by atoms with Gasteiger partial charge in [-0.1, -0.05) is 20.8 Å². The lowest BCUT2D eigenvalue weighted by Crippen LogP contribution is -2.61. The molecule has 0 bridgehead atoms. The number of carbonyl (C=O) groups is 2. The second kappa shape index (κ2) is 5.31. The molecule has 0 unspecified atom stereocenters. The molecule has 130 valence electrons. The van der Waals surface area contributed by atoms with Crippen molar-refractivity contribution in [2.24, 2.45) is 5.92 Å². The molecule has 1 amide bonds. The molecule has 1 saturated carbocycles. The lowest BCUT2D eigenvalue weighted by Gasteiger charge is -2.46. The summed E-state index contributed by atoms with van der Waals surface area (Å²) in [4.78, 5) is 26.5. The Balaban J connectivity index is 1.85. The number of rotatable bonds is 3. The van der Waals surface area contributed by atoms with Crippen LogP contribution in [0.3, 0.4) is 0 Å². The van der Waals surface area contributed by atoms with E-state index in [9.17, 15) is 9.59 Å². The van der Waals surface area contributed by atoms with E-state index >= 15 is 0 Å². The van der Waals surface area contributed by atoms with Crippen LogP contribution >= 0.6 is 0 Å². The number of Topliss-reactive ketones (excluding diaryl/α,β-unsaturated/α-hetero) is 1. The molecule has 3 atom stereocenters. The number of hydrogen-bond acceptors (Lipinski definition) is 4. The largest absolute Gasteiger partial charge is 0.438 e. The zero-order valence-electron chi connectivity index (χ0n) is 15.0. The highest BCUT2D eigenvalue weighted by atomic mass is 28.4. The molecule has 0 N–H and O–H groups in total. The molecule has 0 spiro atoms. The molecule has 0 aromatic heterocycles. The number of piperidine rings is 1. The summed E-state index contributed by atoms with van der Waals surface area (Å²) in [6, 6.07) is -0.116. The smallest absolute Gasteiger partial charge is 0.410 e. The molecule has 2 heterocycles. The van der Waals surface area contributed by atoms with Crippen molar-refractivity contribution in [3.05, 3.63) is 0 Å². The van der Waals surface area contributed by atoms with E-state index < -0.39 is 13.9 Å². The summed E-state index contributed by atoms with van der Waals surface area (Å²) in [5, 5.41) is 0.113. The monoisotopic (exact) mass is 339 g/mol. The van der Waals surface area contributed by atoms with E-state index in [1.54, 1.807) is 4.90 Å². The van der Waals surface area contributed by atoms with Crippen molar-refractivity contribution in [2.75, 3.05) is 13.2 Å². The molecule has 1 aliphatic carbocycles. The van der Waals surface area contributed by atoms with Gasteiger partial charge in [0.15, 0.2) is 13.9 Å². The molecule has 3 fully saturated rings. The van der Waals surface area contributed by atoms with E-state index in [4.69, 9.17) is 9.16 Å². The first-order valence-electron chi connectivity index (χ1n) is 8.74. The summed E-state index contributed by atoms with van der Waals surface area (Å²) in [7, 11) is -1.92. The number of hydrogen-bond donors (Lipinski definition) is 0. The first kappa shape index (κ1) is 17.0. The highest BCUT2D eigenvalue weighted by Gasteiger charge is 2.62. The molecule has 0 radical (unpaired) electrons. The molecular formula is C17H29NO4Si. The quantitative estimate of drug-likeness (QED) is 0.740. The van der Waals surface area contributed by atoms with Crippen LogP contribution in [0.25, 0.3) is 0 Å². The summed E-state index contributed by atoms with van der Waals surface area (Å²) in [5.41, 5.74) is -0.619. The number of nitrogens with zero attached hydrogens (tertiary/aromatic N) is 1. The van der Waals surface area contributed by atoms with Crippen LogP contribution in [-0.2, 0) is 14.0 Å².